The van der Waals surface area contributed by atoms with Gasteiger partial charge in [-0.25, -0.2) is 9.98 Å². The van der Waals surface area contributed by atoms with Crippen molar-refractivity contribution in [1.29, 1.82) is 0 Å². The molecule has 1 unspecified atom stereocenters. The van der Waals surface area contributed by atoms with Crippen LogP contribution in [0.1, 0.15) is 22.9 Å². The lowest BCUT2D eigenvalue weighted by Gasteiger charge is -2.23. The van der Waals surface area contributed by atoms with Gasteiger partial charge in [0.25, 0.3) is 0 Å². The van der Waals surface area contributed by atoms with Crippen LogP contribution in [-0.2, 0) is 0 Å². The maximum Gasteiger partial charge on any atom is 0.159 e. The minimum Gasteiger partial charge on any atom is -0.456 e. The van der Waals surface area contributed by atoms with Crippen LogP contribution >= 0.6 is 11.3 Å². The summed E-state index contributed by atoms with van der Waals surface area (Å²) < 4.78 is 11.5. The molecule has 1 aliphatic heterocycles. The number of thiophene rings is 1. The highest BCUT2D eigenvalue weighted by molar-refractivity contribution is 7.26. The fourth-order valence-corrected chi connectivity index (χ4v) is 9.79. The minimum absolute atomic E-state index is 0.284. The Labute approximate surface area is 331 Å². The number of aromatic nitrogens is 1. The topological polar surface area (TPSA) is 54.8 Å². The van der Waals surface area contributed by atoms with Crippen molar-refractivity contribution < 1.29 is 4.42 Å². The first kappa shape index (κ1) is 32.0. The summed E-state index contributed by atoms with van der Waals surface area (Å²) in [5.74, 6) is 1.54. The van der Waals surface area contributed by atoms with Crippen molar-refractivity contribution in [3.63, 3.8) is 0 Å². The standard InChI is InChI=1S/C51H32N4OS/c1-3-12-31(13-4-1)49-52-50(32-14-5-2-6-15-32)54-51(53-49)34-23-26-41-47(29-34)57-46-21-11-18-36(48(41)46)33-22-25-39-40-27-24-35(30-45(40)56-44(39)28-33)55-42-19-9-7-16-37(42)38-17-8-10-20-43(38)55/h1-30,51H,(H,52,53,54). The molecule has 0 bridgehead atoms. The van der Waals surface area contributed by atoms with Crippen molar-refractivity contribution in [2.45, 2.75) is 6.17 Å². The lowest BCUT2D eigenvalue weighted by molar-refractivity contribution is 0.669. The molecule has 1 atom stereocenters. The molecule has 6 heteroatoms. The molecular formula is C51H32N4OS. The molecule has 0 saturated carbocycles. The molecule has 0 radical (unpaired) electrons. The van der Waals surface area contributed by atoms with E-state index < -0.39 is 0 Å². The monoisotopic (exact) mass is 748 g/mol. The minimum atomic E-state index is -0.284. The van der Waals surface area contributed by atoms with E-state index in [4.69, 9.17) is 14.4 Å². The number of nitrogens with one attached hydrogen (secondary N) is 1. The molecule has 57 heavy (non-hydrogen) atoms. The van der Waals surface area contributed by atoms with Crippen LogP contribution in [0.25, 0.3) is 80.7 Å². The Balaban J connectivity index is 0.936. The van der Waals surface area contributed by atoms with Gasteiger partial charge in [-0.05, 0) is 65.2 Å². The number of aliphatic imine (C=N–C) groups is 2. The first-order chi connectivity index (χ1) is 28.2. The lowest BCUT2D eigenvalue weighted by atomic mass is 9.98. The number of para-hydroxylation sites is 2. The van der Waals surface area contributed by atoms with Gasteiger partial charge in [0, 0.05) is 64.6 Å². The average Bonchev–Trinajstić information content (AvgIpc) is 3.95. The van der Waals surface area contributed by atoms with Crippen molar-refractivity contribution in [1.82, 2.24) is 9.88 Å². The summed E-state index contributed by atoms with van der Waals surface area (Å²) in [4.78, 5) is 10.1. The van der Waals surface area contributed by atoms with Crippen LogP contribution in [0.2, 0.25) is 0 Å². The Bertz CT molecular complexity index is 3390. The van der Waals surface area contributed by atoms with Gasteiger partial charge in [0.2, 0.25) is 0 Å². The quantitative estimate of drug-likeness (QED) is 0.191. The second-order valence-corrected chi connectivity index (χ2v) is 15.7. The number of hydrogen-bond acceptors (Lipinski definition) is 5. The summed E-state index contributed by atoms with van der Waals surface area (Å²) in [5.41, 5.74) is 10.7. The third-order valence-electron chi connectivity index (χ3n) is 11.3. The van der Waals surface area contributed by atoms with Crippen LogP contribution in [-0.4, -0.2) is 16.2 Å². The van der Waals surface area contributed by atoms with Gasteiger partial charge in [0.15, 0.2) is 5.84 Å². The Morgan fingerprint density at radius 2 is 1.18 bits per heavy atom. The van der Waals surface area contributed by atoms with E-state index in [-0.39, 0.29) is 6.17 Å². The second-order valence-electron chi connectivity index (χ2n) is 14.6. The smallest absolute Gasteiger partial charge is 0.159 e. The fourth-order valence-electron chi connectivity index (χ4n) is 8.61. The van der Waals surface area contributed by atoms with Gasteiger partial charge in [0.05, 0.1) is 11.0 Å². The highest BCUT2D eigenvalue weighted by Gasteiger charge is 2.23. The molecule has 12 rings (SSSR count). The van der Waals surface area contributed by atoms with Crippen LogP contribution in [0.4, 0.5) is 0 Å². The molecule has 1 aliphatic rings. The summed E-state index contributed by atoms with van der Waals surface area (Å²) in [6, 6.07) is 64.3. The van der Waals surface area contributed by atoms with Crippen molar-refractivity contribution in [2.75, 3.05) is 0 Å². The van der Waals surface area contributed by atoms with E-state index in [1.54, 1.807) is 0 Å². The molecule has 0 saturated heterocycles. The third-order valence-corrected chi connectivity index (χ3v) is 12.4. The molecule has 11 aromatic rings. The molecule has 1 N–H and O–H groups in total. The van der Waals surface area contributed by atoms with Gasteiger partial charge < -0.3 is 14.3 Å². The van der Waals surface area contributed by atoms with E-state index in [9.17, 15) is 0 Å². The third kappa shape index (κ3) is 5.15. The van der Waals surface area contributed by atoms with E-state index in [1.165, 1.54) is 47.5 Å². The van der Waals surface area contributed by atoms with Crippen molar-refractivity contribution in [3.05, 3.63) is 199 Å². The van der Waals surface area contributed by atoms with E-state index in [0.717, 1.165) is 61.6 Å². The highest BCUT2D eigenvalue weighted by atomic mass is 32.1. The summed E-state index contributed by atoms with van der Waals surface area (Å²) in [6.07, 6.45) is -0.284. The zero-order valence-electron chi connectivity index (χ0n) is 30.6. The number of rotatable bonds is 5. The molecule has 0 amide bonds. The van der Waals surface area contributed by atoms with Gasteiger partial charge in [-0.3, -0.25) is 0 Å². The SMILES string of the molecule is c1ccc(C2=NC(c3ccc4c(c3)sc3cccc(-c5ccc6c(c5)oc5cc(-n7c8ccccc8c8ccccc87)ccc56)c34)NC(c3ccccc3)=N2)cc1. The molecular weight excluding hydrogens is 717 g/mol. The van der Waals surface area contributed by atoms with Gasteiger partial charge in [-0.15, -0.1) is 11.3 Å². The van der Waals surface area contributed by atoms with Gasteiger partial charge in [-0.1, -0.05) is 127 Å². The van der Waals surface area contributed by atoms with Crippen LogP contribution in [0, 0.1) is 0 Å². The maximum atomic E-state index is 6.68. The first-order valence-electron chi connectivity index (χ1n) is 19.2. The van der Waals surface area contributed by atoms with Crippen LogP contribution in [0.5, 0.6) is 0 Å². The van der Waals surface area contributed by atoms with Gasteiger partial charge in [-0.2, -0.15) is 0 Å². The maximum absolute atomic E-state index is 6.68. The number of hydrogen-bond donors (Lipinski definition) is 1. The number of benzene rings is 8. The van der Waals surface area contributed by atoms with Gasteiger partial charge >= 0.3 is 0 Å². The molecule has 0 fully saturated rings. The number of fused-ring (bicyclic) bond motifs is 9. The Morgan fingerprint density at radius 3 is 1.95 bits per heavy atom. The predicted molar refractivity (Wildman–Crippen MR) is 238 cm³/mol. The zero-order chi connectivity index (χ0) is 37.5. The Morgan fingerprint density at radius 1 is 0.509 bits per heavy atom. The van der Waals surface area contributed by atoms with Gasteiger partial charge in [0.1, 0.15) is 23.2 Å². The molecule has 5 nitrogen and oxygen atoms in total. The molecule has 4 heterocycles. The first-order valence-corrected chi connectivity index (χ1v) is 20.0. The average molecular weight is 749 g/mol. The molecule has 0 aliphatic carbocycles. The summed E-state index contributed by atoms with van der Waals surface area (Å²) in [5, 5.41) is 10.8. The molecule has 3 aromatic heterocycles. The van der Waals surface area contributed by atoms with E-state index in [2.05, 4.69) is 155 Å². The predicted octanol–water partition coefficient (Wildman–Crippen LogP) is 13.2. The molecule has 0 spiro atoms. The normalized spacial score (nSPS) is 14.5. The van der Waals surface area contributed by atoms with Crippen molar-refractivity contribution >= 4 is 86.9 Å². The summed E-state index contributed by atoms with van der Waals surface area (Å²) in [6.45, 7) is 0. The van der Waals surface area contributed by atoms with E-state index in [0.29, 0.717) is 0 Å². The van der Waals surface area contributed by atoms with Crippen molar-refractivity contribution in [3.8, 4) is 16.8 Å². The lowest BCUT2D eigenvalue weighted by Crippen LogP contribution is -2.33. The fraction of sp³-hybridized carbons (Fsp3) is 0.0196. The van der Waals surface area contributed by atoms with E-state index in [1.807, 2.05) is 47.7 Å². The molecule has 8 aromatic carbocycles. The highest BCUT2D eigenvalue weighted by Crippen LogP contribution is 2.43. The van der Waals surface area contributed by atoms with Crippen LogP contribution < -0.4 is 5.32 Å². The molecule has 268 valence electrons. The number of amidine groups is 2. The van der Waals surface area contributed by atoms with Crippen LogP contribution in [0.3, 0.4) is 0 Å². The van der Waals surface area contributed by atoms with Crippen LogP contribution in [0.15, 0.2) is 196 Å². The summed E-state index contributed by atoms with van der Waals surface area (Å²) >= 11 is 1.82. The summed E-state index contributed by atoms with van der Waals surface area (Å²) in [7, 11) is 0. The largest absolute Gasteiger partial charge is 0.456 e. The van der Waals surface area contributed by atoms with Crippen molar-refractivity contribution in [2.24, 2.45) is 9.98 Å². The Hall–Kier alpha value is -7.28. The number of furan rings is 1. The number of nitrogens with zero attached hydrogens (tertiary/aromatic N) is 3. The Kier molecular flexibility index (Phi) is 7.09. The second kappa shape index (κ2) is 12.6. The zero-order valence-corrected chi connectivity index (χ0v) is 31.4. The van der Waals surface area contributed by atoms with E-state index >= 15 is 0 Å².